The molecule has 0 bridgehead atoms. The largest absolute Gasteiger partial charge is 0.364 e. The molecule has 0 aromatic heterocycles. The summed E-state index contributed by atoms with van der Waals surface area (Å²) in [6.07, 6.45) is 40.0. The first-order chi connectivity index (χ1) is 23.7. The van der Waals surface area contributed by atoms with Crippen molar-refractivity contribution in [1.29, 1.82) is 0 Å². The van der Waals surface area contributed by atoms with E-state index < -0.39 is 47.8 Å². The summed E-state index contributed by atoms with van der Waals surface area (Å²) in [5.74, 6) is -1.05. The van der Waals surface area contributed by atoms with Crippen LogP contribution in [0.2, 0.25) is 0 Å². The monoisotopic (exact) mass is 691 g/mol. The van der Waals surface area contributed by atoms with Crippen molar-refractivity contribution in [3.05, 3.63) is 48.6 Å². The topological polar surface area (TPSA) is 115 Å². The van der Waals surface area contributed by atoms with Crippen LogP contribution >= 0.6 is 0 Å². The van der Waals surface area contributed by atoms with Crippen LogP contribution in [0.15, 0.2) is 48.6 Å². The highest BCUT2D eigenvalue weighted by Gasteiger charge is 2.44. The summed E-state index contributed by atoms with van der Waals surface area (Å²) in [5, 5.41) is 39.0. The maximum Gasteiger partial charge on any atom is 0.221 e. The second-order valence-electron chi connectivity index (χ2n) is 14.2. The van der Waals surface area contributed by atoms with Crippen LogP contribution in [0.4, 0.5) is 0 Å². The number of hydrogen-bond acceptors (Lipinski definition) is 6. The molecule has 49 heavy (non-hydrogen) atoms. The van der Waals surface area contributed by atoms with Gasteiger partial charge in [-0.15, -0.1) is 0 Å². The van der Waals surface area contributed by atoms with Gasteiger partial charge in [0.25, 0.3) is 0 Å². The first-order valence-corrected chi connectivity index (χ1v) is 20.0. The van der Waals surface area contributed by atoms with Crippen molar-refractivity contribution in [3.8, 4) is 0 Å². The van der Waals surface area contributed by atoms with E-state index in [0.29, 0.717) is 0 Å². The van der Waals surface area contributed by atoms with Crippen molar-refractivity contribution in [2.75, 3.05) is 20.1 Å². The maximum atomic E-state index is 13.4. The van der Waals surface area contributed by atoms with E-state index in [-0.39, 0.29) is 0 Å². The zero-order chi connectivity index (χ0) is 36.4. The van der Waals surface area contributed by atoms with Gasteiger partial charge in [-0.2, -0.15) is 0 Å². The Morgan fingerprint density at radius 2 is 0.755 bits per heavy atom. The molecule has 0 radical (unpaired) electrons. The lowest BCUT2D eigenvalue weighted by Gasteiger charge is -2.39. The molecular formula is C42H76NO6+. The Balaban J connectivity index is 4.82. The molecule has 0 aromatic carbocycles. The Kier molecular flexibility index (Phi) is 32.0. The summed E-state index contributed by atoms with van der Waals surface area (Å²) in [5.41, 5.74) is 0. The zero-order valence-corrected chi connectivity index (χ0v) is 31.8. The Morgan fingerprint density at radius 1 is 0.469 bits per heavy atom. The minimum Gasteiger partial charge on any atom is -0.364 e. The highest BCUT2D eigenvalue weighted by atomic mass is 16.5. The number of unbranched alkanes of at least 4 members (excludes halogenated alkanes) is 22. The van der Waals surface area contributed by atoms with Gasteiger partial charge in [0.1, 0.15) is 13.1 Å². The van der Waals surface area contributed by atoms with Gasteiger partial charge in [-0.3, -0.25) is 9.59 Å². The molecule has 0 rings (SSSR count). The molecule has 0 fully saturated rings. The second-order valence-corrected chi connectivity index (χ2v) is 14.2. The number of ketones is 2. The predicted octanol–water partition coefficient (Wildman–Crippen LogP) is 9.19. The summed E-state index contributed by atoms with van der Waals surface area (Å²) in [7, 11) is 1.46. The first kappa shape index (κ1) is 47.1. The number of aliphatic hydroxyl groups excluding tert-OH is 2. The zero-order valence-electron chi connectivity index (χ0n) is 31.8. The molecule has 0 amide bonds. The van der Waals surface area contributed by atoms with Crippen LogP contribution < -0.4 is 0 Å². The van der Waals surface area contributed by atoms with Crippen molar-refractivity contribution in [2.45, 2.75) is 187 Å². The van der Waals surface area contributed by atoms with E-state index in [2.05, 4.69) is 13.8 Å². The van der Waals surface area contributed by atoms with Crippen LogP contribution in [-0.2, 0) is 9.59 Å². The maximum absolute atomic E-state index is 13.4. The Morgan fingerprint density at radius 3 is 1.04 bits per heavy atom. The van der Waals surface area contributed by atoms with Crippen molar-refractivity contribution in [2.24, 2.45) is 0 Å². The third kappa shape index (κ3) is 28.5. The van der Waals surface area contributed by atoms with E-state index in [1.807, 2.05) is 12.2 Å². The van der Waals surface area contributed by atoms with Gasteiger partial charge in [0.2, 0.25) is 30.2 Å². The van der Waals surface area contributed by atoms with Crippen molar-refractivity contribution in [1.82, 2.24) is 0 Å². The number of hydrogen-bond donors (Lipinski definition) is 4. The molecule has 7 heteroatoms. The molecule has 0 heterocycles. The van der Waals surface area contributed by atoms with Crippen LogP contribution in [-0.4, -0.2) is 75.2 Å². The number of quaternary nitrogens is 1. The average Bonchev–Trinajstić information content (AvgIpc) is 3.03. The predicted molar refractivity (Wildman–Crippen MR) is 205 cm³/mol. The third-order valence-electron chi connectivity index (χ3n) is 9.29. The minimum absolute atomic E-state index is 0.412. The third-order valence-corrected chi connectivity index (χ3v) is 9.29. The number of carbonyl (C=O) groups is 2. The summed E-state index contributed by atoms with van der Waals surface area (Å²) in [6, 6.07) is -1.35. The average molecular weight is 691 g/mol. The molecule has 0 unspecified atom stereocenters. The van der Waals surface area contributed by atoms with Crippen molar-refractivity contribution < 1.29 is 34.5 Å². The first-order valence-electron chi connectivity index (χ1n) is 20.0. The fourth-order valence-corrected chi connectivity index (χ4v) is 6.47. The van der Waals surface area contributed by atoms with Crippen molar-refractivity contribution in [3.63, 3.8) is 0 Å². The highest BCUT2D eigenvalue weighted by Crippen LogP contribution is 2.18. The number of aliphatic hydroxyl groups is 4. The van der Waals surface area contributed by atoms with Crippen molar-refractivity contribution >= 4 is 11.6 Å². The molecule has 0 aliphatic carbocycles. The van der Waals surface area contributed by atoms with Gasteiger partial charge in [-0.1, -0.05) is 179 Å². The summed E-state index contributed by atoms with van der Waals surface area (Å²) >= 11 is 0. The fraction of sp³-hybridized carbons (Fsp3) is 0.762. The van der Waals surface area contributed by atoms with E-state index in [0.717, 1.165) is 25.7 Å². The van der Waals surface area contributed by atoms with Gasteiger partial charge < -0.3 is 24.9 Å². The number of carbonyl (C=O) groups excluding carboxylic acids is 2. The molecule has 0 aromatic rings. The fourth-order valence-electron chi connectivity index (χ4n) is 6.47. The molecule has 0 aliphatic rings. The number of allylic oxidation sites excluding steroid dienone is 6. The summed E-state index contributed by atoms with van der Waals surface area (Å²) < 4.78 is -0.549. The summed E-state index contributed by atoms with van der Waals surface area (Å²) in [6.45, 7) is 3.67. The van der Waals surface area contributed by atoms with Crippen LogP contribution in [0.5, 0.6) is 0 Å². The normalized spacial score (nSPS) is 13.4. The number of rotatable bonds is 35. The molecule has 0 aliphatic heterocycles. The smallest absolute Gasteiger partial charge is 0.221 e. The van der Waals surface area contributed by atoms with Gasteiger partial charge in [-0.25, -0.2) is 0 Å². The highest BCUT2D eigenvalue weighted by molar-refractivity contribution is 6.14. The van der Waals surface area contributed by atoms with E-state index in [1.54, 1.807) is 24.3 Å². The van der Waals surface area contributed by atoms with E-state index in [9.17, 15) is 30.0 Å². The second kappa shape index (κ2) is 33.3. The van der Waals surface area contributed by atoms with Gasteiger partial charge in [0.15, 0.2) is 0 Å². The van der Waals surface area contributed by atoms with E-state index in [1.165, 1.54) is 148 Å². The van der Waals surface area contributed by atoms with Gasteiger partial charge >= 0.3 is 0 Å². The Hall–Kier alpha value is -1.90. The Labute approximate surface area is 300 Å². The lowest BCUT2D eigenvalue weighted by Crippen LogP contribution is -2.63. The summed E-state index contributed by atoms with van der Waals surface area (Å²) in [4.78, 5) is 26.7. The molecular weight excluding hydrogens is 614 g/mol. The van der Waals surface area contributed by atoms with Gasteiger partial charge in [0, 0.05) is 0 Å². The lowest BCUT2D eigenvalue weighted by molar-refractivity contribution is -0.926. The van der Waals surface area contributed by atoms with Crippen LogP contribution in [0, 0.1) is 0 Å². The van der Waals surface area contributed by atoms with Crippen LogP contribution in [0.3, 0.4) is 0 Å². The molecule has 0 saturated heterocycles. The Bertz CT molecular complexity index is 839. The van der Waals surface area contributed by atoms with Crippen LogP contribution in [0.25, 0.3) is 0 Å². The number of nitrogens with zero attached hydrogens (tertiary/aromatic N) is 1. The quantitative estimate of drug-likeness (QED) is 0.0132. The molecule has 0 atom stereocenters. The molecule has 4 N–H and O–H groups in total. The molecule has 7 nitrogen and oxygen atoms in total. The standard InChI is InChI=1S/C42H76NO6/c1-4-6-8-10-12-14-16-18-20-22-24-26-28-30-32-34-38(44)42(43(3,36-40(46)47)37-41(48)49)39(45)35-33-31-29-27-25-23-21-19-17-15-13-11-9-7-5-2/h28-35,40-42,46-49H,4-27,36-37H2,1-3H3/q+1. The molecule has 284 valence electrons. The van der Waals surface area contributed by atoms with Crippen LogP contribution in [0.1, 0.15) is 168 Å². The molecule has 0 saturated carbocycles. The van der Waals surface area contributed by atoms with E-state index >= 15 is 0 Å². The van der Waals surface area contributed by atoms with E-state index in [4.69, 9.17) is 0 Å². The SMILES string of the molecule is CCCCCCCCCCCCCC=CC=CC(=O)C(C(=O)C=CC=CCCCCCCCCCCCCC)[N+](C)(CC(O)O)CC(O)O. The number of likely N-dealkylation sites (N-methyl/N-ethyl adjacent to an activating group) is 1. The molecule has 0 spiro atoms. The minimum atomic E-state index is -1.84. The van der Waals surface area contributed by atoms with Gasteiger partial charge in [-0.05, 0) is 37.8 Å². The lowest BCUT2D eigenvalue weighted by atomic mass is 10.0. The van der Waals surface area contributed by atoms with Gasteiger partial charge in [0.05, 0.1) is 7.05 Å².